The number of halogens is 12. The van der Waals surface area contributed by atoms with E-state index in [-0.39, 0.29) is 130 Å². The first kappa shape index (κ1) is 70.8. The molecule has 0 aliphatic carbocycles. The van der Waals surface area contributed by atoms with Crippen LogP contribution in [-0.4, -0.2) is 92.9 Å². The third kappa shape index (κ3) is 14.0. The summed E-state index contributed by atoms with van der Waals surface area (Å²) in [6.07, 6.45) is -6.08. The Balaban J connectivity index is 0.000000204. The number of alkyl halides is 10. The molecule has 0 radical (unpaired) electrons. The fourth-order valence-corrected chi connectivity index (χ4v) is 12.4. The molecule has 0 bridgehead atoms. The molecule has 0 atom stereocenters. The molecule has 12 rings (SSSR count). The number of ether oxygens (including phenoxy) is 4. The number of sulfone groups is 2. The highest BCUT2D eigenvalue weighted by atomic mass is 35.5. The number of benzene rings is 6. The molecule has 98 heavy (non-hydrogen) atoms. The van der Waals surface area contributed by atoms with Crippen LogP contribution in [0.5, 0.6) is 23.0 Å². The van der Waals surface area contributed by atoms with Crippen molar-refractivity contribution in [2.24, 2.45) is 19.8 Å². The van der Waals surface area contributed by atoms with Gasteiger partial charge in [0.1, 0.15) is 40.5 Å². The average Bonchev–Trinajstić information content (AvgIpc) is 1.47. The lowest BCUT2D eigenvalue weighted by Crippen LogP contribution is -2.33. The van der Waals surface area contributed by atoms with Crippen molar-refractivity contribution in [1.82, 2.24) is 29.5 Å². The predicted octanol–water partition coefficient (Wildman–Crippen LogP) is 13.1. The Morgan fingerprint density at radius 1 is 0.571 bits per heavy atom. The number of carbonyl (C=O) groups excluding carboxylic acids is 1. The fourth-order valence-electron chi connectivity index (χ4n) is 10.5. The van der Waals surface area contributed by atoms with Gasteiger partial charge in [0, 0.05) is 85.0 Å². The number of primary amides is 1. The highest BCUT2D eigenvalue weighted by Crippen LogP contribution is 2.49. The summed E-state index contributed by atoms with van der Waals surface area (Å²) < 4.78 is 225. The normalized spacial score (nSPS) is 13.7. The smallest absolute Gasteiger partial charge is 0.440 e. The van der Waals surface area contributed by atoms with Crippen molar-refractivity contribution >= 4 is 48.8 Å². The van der Waals surface area contributed by atoms with Crippen molar-refractivity contribution in [3.63, 3.8) is 0 Å². The molecule has 6 heterocycles. The Hall–Kier alpha value is -9.98. The molecule has 1 amide bonds. The van der Waals surface area contributed by atoms with E-state index in [9.17, 15) is 67.0 Å². The van der Waals surface area contributed by atoms with E-state index in [1.165, 1.54) is 113 Å². The molecule has 21 nitrogen and oxygen atoms in total. The van der Waals surface area contributed by atoms with Gasteiger partial charge in [-0.05, 0) is 107 Å². The molecule has 512 valence electrons. The number of aliphatic hydroxyl groups is 2. The van der Waals surface area contributed by atoms with Gasteiger partial charge in [0.05, 0.1) is 39.7 Å². The minimum absolute atomic E-state index is 0.00447. The van der Waals surface area contributed by atoms with Crippen molar-refractivity contribution in [3.8, 4) is 119 Å². The summed E-state index contributed by atoms with van der Waals surface area (Å²) in [5.74, 6) is -12.8. The van der Waals surface area contributed by atoms with Gasteiger partial charge in [-0.3, -0.25) is 14.2 Å². The summed E-state index contributed by atoms with van der Waals surface area (Å²) in [4.78, 5) is 19.4. The molecule has 2 aliphatic rings. The number of rotatable bonds is 15. The van der Waals surface area contributed by atoms with E-state index in [2.05, 4.69) is 39.1 Å². The Morgan fingerprint density at radius 2 is 0.939 bits per heavy atom. The molecule has 35 heteroatoms. The van der Waals surface area contributed by atoms with Crippen LogP contribution in [0.3, 0.4) is 0 Å². The first-order valence-corrected chi connectivity index (χ1v) is 32.7. The largest absolute Gasteiger partial charge is 0.586 e. The molecule has 4 aromatic heterocycles. The van der Waals surface area contributed by atoms with E-state index in [0.717, 1.165) is 52.2 Å². The zero-order valence-electron chi connectivity index (χ0n) is 51.0. The van der Waals surface area contributed by atoms with E-state index in [1.54, 1.807) is 0 Å². The van der Waals surface area contributed by atoms with E-state index >= 15 is 8.78 Å². The number of carbonyl (C=O) groups is 1. The number of fused-ring (bicyclic) bond motifs is 2. The summed E-state index contributed by atoms with van der Waals surface area (Å²) in [6.45, 7) is 1.24. The molecule has 4 N–H and O–H groups in total. The number of aromatic nitrogens is 6. The maximum absolute atomic E-state index is 15.1. The molecule has 2 aliphatic heterocycles. The van der Waals surface area contributed by atoms with Crippen LogP contribution in [-0.2, 0) is 63.6 Å². The molecular formula is C63H46Cl2F10N8O13S2. The Labute approximate surface area is 557 Å². The van der Waals surface area contributed by atoms with Gasteiger partial charge in [0.2, 0.25) is 0 Å². The highest BCUT2D eigenvalue weighted by Gasteiger charge is 2.46. The Bertz CT molecular complexity index is 5150. The number of aryl methyl sites for hydroxylation is 4. The lowest BCUT2D eigenvalue weighted by atomic mass is 9.93. The number of amides is 1. The van der Waals surface area contributed by atoms with Crippen LogP contribution < -0.4 is 24.7 Å². The van der Waals surface area contributed by atoms with Crippen molar-refractivity contribution < 1.29 is 104 Å². The maximum atomic E-state index is 15.1. The lowest BCUT2D eigenvalue weighted by Gasteiger charge is -2.14. The Morgan fingerprint density at radius 3 is 1.31 bits per heavy atom. The van der Waals surface area contributed by atoms with Gasteiger partial charge in [0.25, 0.3) is 5.91 Å². The molecule has 10 aromatic rings. The van der Waals surface area contributed by atoms with Crippen LogP contribution in [0.2, 0.25) is 0 Å². The maximum Gasteiger partial charge on any atom is 0.586 e. The number of aliphatic hydroxyl groups excluding tert-OH is 2. The summed E-state index contributed by atoms with van der Waals surface area (Å²) in [7, 11) is -5.31. The van der Waals surface area contributed by atoms with Gasteiger partial charge in [-0.25, -0.2) is 35.6 Å². The Kier molecular flexibility index (Phi) is 18.9. The second-order valence-electron chi connectivity index (χ2n) is 21.5. The van der Waals surface area contributed by atoms with Gasteiger partial charge < -0.3 is 43.7 Å². The molecule has 0 unspecified atom stereocenters. The van der Waals surface area contributed by atoms with Gasteiger partial charge in [-0.1, -0.05) is 24.3 Å². The highest BCUT2D eigenvalue weighted by molar-refractivity contribution is 7.91. The molecule has 0 saturated heterocycles. The zero-order valence-corrected chi connectivity index (χ0v) is 54.1. The van der Waals surface area contributed by atoms with Crippen LogP contribution in [0.15, 0.2) is 128 Å². The van der Waals surface area contributed by atoms with Crippen LogP contribution >= 0.6 is 23.2 Å². The summed E-state index contributed by atoms with van der Waals surface area (Å²) in [6, 6.07) is 23.8. The standard InChI is InChI=1S/C31H23F5N4O7S.C31H21F5N4O6S.CH2Cl2/c1-14-38-27(16-5-7-23-24(10-16)47-31(35,36)46-23)28(45-14)19-8-15(17-9-21(32)20(13-41)25(11-17)48(3,43)44)4-6-18(19)22-12-26(39-40(22)2)30(33,34)29(37)42;1-15-38-28(17-5-7-24-25(10-17)46-31(35,36)45-24)29(44-15)20-8-16(18-9-22(32)21(13-41)26(11-18)47(3,42)43)4-6-19(20)23-12-27(39-40(23)2)30(33,34)14-37;2-1-3/h4-12,41H,13H2,1-3H3,(H2,37,42);4-12,41H,13H2,1-3H3;1H2. The second-order valence-corrected chi connectivity index (χ2v) is 26.3. The fraction of sp³-hybridized carbons (Fsp3) is 0.206. The van der Waals surface area contributed by atoms with E-state index in [1.807, 2.05) is 0 Å². The third-order valence-electron chi connectivity index (χ3n) is 14.8. The number of oxazole rings is 2. The summed E-state index contributed by atoms with van der Waals surface area (Å²) >= 11 is 9.53. The van der Waals surface area contributed by atoms with Crippen molar-refractivity contribution in [2.75, 3.05) is 17.9 Å². The van der Waals surface area contributed by atoms with Crippen LogP contribution in [0, 0.1) is 36.8 Å². The van der Waals surface area contributed by atoms with Crippen molar-refractivity contribution in [2.45, 2.75) is 61.3 Å². The lowest BCUT2D eigenvalue weighted by molar-refractivity contribution is -0.287. The molecular weight excluding hydrogens is 1400 g/mol. The third-order valence-corrected chi connectivity index (χ3v) is 17.2. The van der Waals surface area contributed by atoms with Gasteiger partial charge in [-0.2, -0.15) is 33.0 Å². The number of hydrogen-bond acceptors (Lipinski definition) is 18. The number of nitrogens with zero attached hydrogens (tertiary/aromatic N) is 7. The SMILES string of the molecule is Cc1nc(-c2ccc3c(c2)OC(F)(F)O3)c(-c2cc(-c3cc(F)c(CO)c(S(C)(=O)=O)c3)ccc2-c2cc(C(F)(F)C#N)nn2C)o1.Cc1nc(-c2ccc3c(c2)OC(F)(F)O3)c(-c2cc(-c3cc(F)c(CO)c(S(C)(=O)=O)c3)ccc2-c2cc(C(F)(F)C(N)=O)nn2C)o1.ClCCl. The number of nitriles is 1. The van der Waals surface area contributed by atoms with Gasteiger partial charge >= 0.3 is 24.4 Å². The quantitative estimate of drug-likeness (QED) is 0.0634. The number of hydrogen-bond donors (Lipinski definition) is 3. The first-order chi connectivity index (χ1) is 45.8. The van der Waals surface area contributed by atoms with Crippen molar-refractivity contribution in [3.05, 3.63) is 155 Å². The number of nitrogens with two attached hydrogens (primary N) is 1. The van der Waals surface area contributed by atoms with Crippen LogP contribution in [0.25, 0.3) is 89.9 Å². The van der Waals surface area contributed by atoms with E-state index < -0.39 is 107 Å². The average molecular weight is 1450 g/mol. The van der Waals surface area contributed by atoms with E-state index in [4.69, 9.17) is 43.0 Å². The zero-order chi connectivity index (χ0) is 71.7. The van der Waals surface area contributed by atoms with Gasteiger partial charge in [0.15, 0.2) is 66.0 Å². The summed E-state index contributed by atoms with van der Waals surface area (Å²) in [5.41, 5.74) is 4.40. The van der Waals surface area contributed by atoms with Gasteiger partial charge in [-0.15, -0.1) is 40.8 Å². The minimum atomic E-state index is -4.13. The molecule has 0 saturated carbocycles. The van der Waals surface area contributed by atoms with Crippen LogP contribution in [0.4, 0.5) is 43.9 Å². The summed E-state index contributed by atoms with van der Waals surface area (Å²) in [5, 5.41) is 36.1. The van der Waals surface area contributed by atoms with Crippen molar-refractivity contribution in [1.29, 1.82) is 5.26 Å². The monoisotopic (exact) mass is 1450 g/mol. The van der Waals surface area contributed by atoms with E-state index in [0.29, 0.717) is 0 Å². The minimum Gasteiger partial charge on any atom is -0.440 e. The predicted molar refractivity (Wildman–Crippen MR) is 329 cm³/mol. The molecule has 0 spiro atoms. The molecule has 6 aromatic carbocycles. The first-order valence-electron chi connectivity index (χ1n) is 27.8. The topological polar surface area (TPSA) is 300 Å². The van der Waals surface area contributed by atoms with Crippen LogP contribution in [0.1, 0.15) is 34.3 Å². The second kappa shape index (κ2) is 26.1. The molecule has 0 fully saturated rings.